The van der Waals surface area contributed by atoms with Gasteiger partial charge < -0.3 is 0 Å². The summed E-state index contributed by atoms with van der Waals surface area (Å²) < 4.78 is 0.0667. The summed E-state index contributed by atoms with van der Waals surface area (Å²) in [6.45, 7) is 4.81. The van der Waals surface area contributed by atoms with Gasteiger partial charge in [-0.2, -0.15) is 4.48 Å². The van der Waals surface area contributed by atoms with E-state index in [1.807, 2.05) is 13.0 Å². The second-order valence-corrected chi connectivity index (χ2v) is 6.93. The number of unbranched alkanes of at least 4 members (excludes halogenated alkanes) is 1. The third-order valence-corrected chi connectivity index (χ3v) is 5.49. The van der Waals surface area contributed by atoms with E-state index in [4.69, 9.17) is 0 Å². The second kappa shape index (κ2) is 8.39. The molecule has 1 heterocycles. The van der Waals surface area contributed by atoms with Gasteiger partial charge in [0.25, 0.3) is 0 Å². The van der Waals surface area contributed by atoms with E-state index in [0.29, 0.717) is 6.54 Å². The third-order valence-electron chi connectivity index (χ3n) is 5.49. The van der Waals surface area contributed by atoms with E-state index >= 15 is 0 Å². The monoisotopic (exact) mass is 316 g/mol. The molecule has 126 valence electrons. The molecule has 1 aromatic carbocycles. The largest absolute Gasteiger partial charge is 0.324 e. The molecule has 0 spiro atoms. The number of imide groups is 1. The van der Waals surface area contributed by atoms with Crippen LogP contribution in [0.3, 0.4) is 0 Å². The van der Waals surface area contributed by atoms with Gasteiger partial charge in [-0.3, -0.25) is 0 Å². The number of aryl methyl sites for hydroxylation is 1. The van der Waals surface area contributed by atoms with Crippen molar-refractivity contribution >= 4 is 12.3 Å². The number of hydrogen-bond acceptors (Lipinski definition) is 2. The summed E-state index contributed by atoms with van der Waals surface area (Å²) in [5.41, 5.74) is 1.36. The van der Waals surface area contributed by atoms with Crippen molar-refractivity contribution in [1.82, 2.24) is 0 Å². The standard InChI is InChI=1S/C20H30NO2/c1-3-19(14-8-7-13-18-11-5-4-6-12-18)20(23)21(16-22)15-9-10-17(21)2/h4-6,11-12,16-17,19H,3,7-10,13-15H2,1-2H3/q+1/t17-,19?,21?/m1/s1. The predicted octanol–water partition coefficient (Wildman–Crippen LogP) is 4.11. The van der Waals surface area contributed by atoms with E-state index in [1.165, 1.54) is 5.56 Å². The van der Waals surface area contributed by atoms with E-state index in [0.717, 1.165) is 51.4 Å². The topological polar surface area (TPSA) is 34.1 Å². The normalized spacial score (nSPS) is 25.2. The zero-order valence-electron chi connectivity index (χ0n) is 14.5. The molecule has 1 aliphatic heterocycles. The fraction of sp³-hybridized carbons (Fsp3) is 0.600. The molecule has 23 heavy (non-hydrogen) atoms. The number of rotatable bonds is 8. The van der Waals surface area contributed by atoms with Crippen molar-refractivity contribution in [2.75, 3.05) is 6.54 Å². The van der Waals surface area contributed by atoms with Crippen molar-refractivity contribution in [1.29, 1.82) is 0 Å². The number of benzene rings is 1. The second-order valence-electron chi connectivity index (χ2n) is 6.93. The zero-order chi connectivity index (χ0) is 16.7. The van der Waals surface area contributed by atoms with Crippen LogP contribution in [-0.2, 0) is 16.0 Å². The molecule has 0 aliphatic carbocycles. The minimum Gasteiger partial charge on any atom is -0.233 e. The van der Waals surface area contributed by atoms with Gasteiger partial charge in [0, 0.05) is 12.8 Å². The Balaban J connectivity index is 1.87. The first kappa shape index (κ1) is 17.9. The Kier molecular flexibility index (Phi) is 6.52. The Morgan fingerprint density at radius 2 is 2.04 bits per heavy atom. The molecule has 2 amide bonds. The number of hydrogen-bond donors (Lipinski definition) is 0. The molecular formula is C20H30NO2+. The molecule has 0 bridgehead atoms. The summed E-state index contributed by atoms with van der Waals surface area (Å²) in [4.78, 5) is 24.6. The number of likely N-dealkylation sites (tertiary alicyclic amines) is 1. The molecule has 1 saturated heterocycles. The Hall–Kier alpha value is -1.48. The molecule has 3 atom stereocenters. The van der Waals surface area contributed by atoms with Crippen LogP contribution in [0.25, 0.3) is 0 Å². The van der Waals surface area contributed by atoms with Crippen LogP contribution in [-0.4, -0.2) is 29.4 Å². The lowest BCUT2D eigenvalue weighted by molar-refractivity contribution is -0.782. The van der Waals surface area contributed by atoms with Crippen LogP contribution in [0, 0.1) is 5.92 Å². The number of carbonyl (C=O) groups is 2. The van der Waals surface area contributed by atoms with Gasteiger partial charge in [-0.15, -0.1) is 0 Å². The van der Waals surface area contributed by atoms with Crippen LogP contribution in [0.2, 0.25) is 0 Å². The Labute approximate surface area is 140 Å². The van der Waals surface area contributed by atoms with Crippen molar-refractivity contribution in [2.24, 2.45) is 5.92 Å². The van der Waals surface area contributed by atoms with Gasteiger partial charge in [0.2, 0.25) is 0 Å². The number of quaternary nitrogens is 1. The summed E-state index contributed by atoms with van der Waals surface area (Å²) in [5, 5.41) is 0. The Morgan fingerprint density at radius 1 is 1.30 bits per heavy atom. The summed E-state index contributed by atoms with van der Waals surface area (Å²) >= 11 is 0. The van der Waals surface area contributed by atoms with Crippen molar-refractivity contribution < 1.29 is 14.1 Å². The maximum atomic E-state index is 12.9. The molecule has 1 fully saturated rings. The highest BCUT2D eigenvalue weighted by Gasteiger charge is 2.48. The summed E-state index contributed by atoms with van der Waals surface area (Å²) in [5.74, 6) is 0.184. The van der Waals surface area contributed by atoms with Crippen molar-refractivity contribution in [3.8, 4) is 0 Å². The smallest absolute Gasteiger partial charge is 0.233 e. The summed E-state index contributed by atoms with van der Waals surface area (Å²) in [6.07, 6.45) is 7.83. The van der Waals surface area contributed by atoms with Crippen LogP contribution in [0.5, 0.6) is 0 Å². The first-order chi connectivity index (χ1) is 11.1. The lowest BCUT2D eigenvalue weighted by atomic mass is 9.95. The highest BCUT2D eigenvalue weighted by atomic mass is 16.2. The SMILES string of the molecule is CCC(CCCCc1ccccc1)C(=O)[N+]1(C=O)CCC[C@H]1C. The molecule has 3 heteroatoms. The van der Waals surface area contributed by atoms with Crippen LogP contribution in [0.15, 0.2) is 30.3 Å². The van der Waals surface area contributed by atoms with Crippen molar-refractivity contribution in [3.05, 3.63) is 35.9 Å². The fourth-order valence-electron chi connectivity index (χ4n) is 3.84. The van der Waals surface area contributed by atoms with E-state index < -0.39 is 0 Å². The van der Waals surface area contributed by atoms with E-state index in [9.17, 15) is 9.59 Å². The average molecular weight is 316 g/mol. The Morgan fingerprint density at radius 3 is 2.61 bits per heavy atom. The number of nitrogens with zero attached hydrogens (tertiary/aromatic N) is 1. The molecule has 0 saturated carbocycles. The minimum atomic E-state index is 0.0246. The summed E-state index contributed by atoms with van der Waals surface area (Å²) in [6, 6.07) is 10.6. The van der Waals surface area contributed by atoms with Gasteiger partial charge in [0.15, 0.2) is 0 Å². The minimum absolute atomic E-state index is 0.0246. The van der Waals surface area contributed by atoms with Crippen LogP contribution < -0.4 is 0 Å². The van der Waals surface area contributed by atoms with E-state index in [-0.39, 0.29) is 22.3 Å². The maximum Gasteiger partial charge on any atom is 0.324 e. The first-order valence-electron chi connectivity index (χ1n) is 9.06. The molecule has 2 unspecified atom stereocenters. The van der Waals surface area contributed by atoms with Gasteiger partial charge in [0.05, 0.1) is 12.5 Å². The summed E-state index contributed by atoms with van der Waals surface area (Å²) in [7, 11) is 0. The van der Waals surface area contributed by atoms with Gasteiger partial charge >= 0.3 is 12.3 Å². The van der Waals surface area contributed by atoms with Crippen molar-refractivity contribution in [3.63, 3.8) is 0 Å². The van der Waals surface area contributed by atoms with Crippen LogP contribution in [0.1, 0.15) is 57.9 Å². The first-order valence-corrected chi connectivity index (χ1v) is 9.06. The predicted molar refractivity (Wildman–Crippen MR) is 92.7 cm³/mol. The van der Waals surface area contributed by atoms with E-state index in [1.54, 1.807) is 0 Å². The molecule has 0 radical (unpaired) electrons. The third kappa shape index (κ3) is 4.08. The quantitative estimate of drug-likeness (QED) is 0.411. The molecule has 3 nitrogen and oxygen atoms in total. The van der Waals surface area contributed by atoms with Crippen LogP contribution >= 0.6 is 0 Å². The molecule has 0 aromatic heterocycles. The Bertz CT molecular complexity index is 514. The van der Waals surface area contributed by atoms with Gasteiger partial charge in [-0.05, 0) is 38.2 Å². The number of carbonyl (C=O) groups excluding carboxylic acids is 2. The van der Waals surface area contributed by atoms with Gasteiger partial charge in [-0.1, -0.05) is 43.7 Å². The highest BCUT2D eigenvalue weighted by molar-refractivity contribution is 5.78. The molecule has 0 N–H and O–H groups in total. The van der Waals surface area contributed by atoms with Gasteiger partial charge in [-0.25, -0.2) is 9.59 Å². The molecule has 1 aromatic rings. The highest BCUT2D eigenvalue weighted by Crippen LogP contribution is 2.30. The van der Waals surface area contributed by atoms with Crippen molar-refractivity contribution in [2.45, 2.75) is 64.8 Å². The lowest BCUT2D eigenvalue weighted by Gasteiger charge is -2.31. The maximum absolute atomic E-state index is 12.9. The molecular weight excluding hydrogens is 286 g/mol. The molecule has 1 aliphatic rings. The lowest BCUT2D eigenvalue weighted by Crippen LogP contribution is -2.56. The fourth-order valence-corrected chi connectivity index (χ4v) is 3.84. The number of amides is 2. The molecule has 2 rings (SSSR count). The van der Waals surface area contributed by atoms with Gasteiger partial charge in [0.1, 0.15) is 6.04 Å². The zero-order valence-corrected chi connectivity index (χ0v) is 14.5. The average Bonchev–Trinajstić information content (AvgIpc) is 2.97. The van der Waals surface area contributed by atoms with Crippen LogP contribution in [0.4, 0.5) is 0 Å². The van der Waals surface area contributed by atoms with E-state index in [2.05, 4.69) is 31.2 Å².